The number of aliphatic hydroxyl groups excluding tert-OH is 5. The number of esters is 1. The smallest absolute Gasteiger partial charge is 0.367 e. The Morgan fingerprint density at radius 2 is 1.67 bits per heavy atom. The zero-order valence-electron chi connectivity index (χ0n) is 34.1. The first-order valence-electron chi connectivity index (χ1n) is 20.0. The zero-order chi connectivity index (χ0) is 45.9. The van der Waals surface area contributed by atoms with Crippen molar-refractivity contribution in [2.24, 2.45) is 0 Å². The molecule has 0 radical (unpaired) electrons. The van der Waals surface area contributed by atoms with Gasteiger partial charge >= 0.3 is 5.97 Å². The number of ether oxygens (including phenoxy) is 5. The Morgan fingerprint density at radius 1 is 0.984 bits per heavy atom. The second-order valence-electron chi connectivity index (χ2n) is 16.2. The van der Waals surface area contributed by atoms with Crippen molar-refractivity contribution in [3.63, 3.8) is 0 Å². The Kier molecular flexibility index (Phi) is 12.6. The van der Waals surface area contributed by atoms with Crippen LogP contribution in [-0.2, 0) is 39.8 Å². The summed E-state index contributed by atoms with van der Waals surface area (Å²) in [5, 5.41) is 102. The SMILES string of the molecule is COc1cccc2c1C(=O)c1c(O)c3c(c(O)c1C2=O)C[C@@](O)(C(=O)COC(=O)[C@]1(O)C[C@H](O)[C@@H](NC(C)=O)[C@H]([C@H](O)[C@H](O)CO)O1)C[C@@H]3O[C@H]1C[C@H](n2cccc2)[C@H](O)[C@H](C)O1. The highest BCUT2D eigenvalue weighted by Gasteiger charge is 2.56. The number of rotatable bonds is 12. The number of hydrogen-bond acceptors (Lipinski definition) is 19. The lowest BCUT2D eigenvalue weighted by atomic mass is 9.72. The summed E-state index contributed by atoms with van der Waals surface area (Å²) in [6.07, 6.45) is -11.7. The Labute approximate surface area is 358 Å². The zero-order valence-corrected chi connectivity index (χ0v) is 34.1. The number of fused-ring (bicyclic) bond motifs is 3. The third kappa shape index (κ3) is 8.09. The molecular formula is C42H48N2O19. The van der Waals surface area contributed by atoms with Crippen LogP contribution in [0.1, 0.15) is 88.2 Å². The summed E-state index contributed by atoms with van der Waals surface area (Å²) in [5.74, 6) is -10.3. The quantitative estimate of drug-likeness (QED) is 0.0561. The van der Waals surface area contributed by atoms with Crippen LogP contribution in [0.3, 0.4) is 0 Å². The number of ketones is 3. The molecule has 0 spiro atoms. The van der Waals surface area contributed by atoms with Crippen molar-refractivity contribution in [2.75, 3.05) is 20.3 Å². The van der Waals surface area contributed by atoms with Gasteiger partial charge in [0.1, 0.15) is 47.3 Å². The van der Waals surface area contributed by atoms with Crippen molar-refractivity contribution in [1.29, 1.82) is 0 Å². The normalized spacial score (nSPS) is 31.2. The van der Waals surface area contributed by atoms with Crippen molar-refractivity contribution in [3.8, 4) is 17.2 Å². The van der Waals surface area contributed by atoms with E-state index in [2.05, 4.69) is 5.32 Å². The fourth-order valence-electron chi connectivity index (χ4n) is 8.92. The summed E-state index contributed by atoms with van der Waals surface area (Å²) in [5.41, 5.74) is -4.90. The molecule has 0 unspecified atom stereocenters. The molecule has 2 saturated heterocycles. The van der Waals surface area contributed by atoms with Crippen molar-refractivity contribution >= 4 is 29.2 Å². The van der Waals surface area contributed by atoms with Crippen LogP contribution in [0.5, 0.6) is 17.2 Å². The highest BCUT2D eigenvalue weighted by Crippen LogP contribution is 2.53. The number of carbonyl (C=O) groups is 5. The molecule has 4 aliphatic rings. The Bertz CT molecular complexity index is 2300. The number of Topliss-reactive ketones (excluding diaryl/α,β-unsaturated/α-hetero) is 1. The molecule has 2 fully saturated rings. The predicted octanol–water partition coefficient (Wildman–Crippen LogP) is -1.68. The van der Waals surface area contributed by atoms with Crippen molar-refractivity contribution < 1.29 is 93.6 Å². The first-order valence-corrected chi connectivity index (χ1v) is 20.0. The topological polar surface area (TPSA) is 331 Å². The average molecular weight is 885 g/mol. The van der Waals surface area contributed by atoms with Gasteiger partial charge in [-0.25, -0.2) is 4.79 Å². The number of benzene rings is 2. The minimum absolute atomic E-state index is 0.00873. The Morgan fingerprint density at radius 3 is 2.32 bits per heavy atom. The Balaban J connectivity index is 1.22. The maximum atomic E-state index is 14.1. The van der Waals surface area contributed by atoms with Gasteiger partial charge in [0.15, 0.2) is 18.7 Å². The van der Waals surface area contributed by atoms with E-state index in [9.17, 15) is 69.9 Å². The highest BCUT2D eigenvalue weighted by atomic mass is 16.7. The summed E-state index contributed by atoms with van der Waals surface area (Å²) < 4.78 is 29.9. The van der Waals surface area contributed by atoms with Crippen LogP contribution in [0.15, 0.2) is 42.7 Å². The van der Waals surface area contributed by atoms with Crippen LogP contribution in [0, 0.1) is 0 Å². The first kappa shape index (κ1) is 45.7. The lowest BCUT2D eigenvalue weighted by molar-refractivity contribution is -0.297. The van der Waals surface area contributed by atoms with Gasteiger partial charge in [-0.2, -0.15) is 0 Å². The first-order chi connectivity index (χ1) is 29.7. The van der Waals surface area contributed by atoms with Gasteiger partial charge in [-0.05, 0) is 25.1 Å². The standard InChI is InChI=1S/C42H48N2O19/c1-17-33(50)21(44-9-4-5-10-44)11-27(61-17)62-25-14-41(57,12-20-29(25)38(55)31-30(35(20)52)34(51)19-7-6-8-24(59-3)28(19)37(31)54)26(49)16-60-40(56)42(58)13-22(47)32(43-18(2)46)39(63-42)36(53)23(48)15-45/h4-10,17,21-23,25,27,32-33,36,39,45,47-48,50,52-53,55,57-58H,11-16H2,1-3H3,(H,43,46)/t17-,21-,22-,23+,25-,27-,32+,33+,36+,39+,41-,42-/m0/s1. The second-order valence-corrected chi connectivity index (χ2v) is 16.2. The highest BCUT2D eigenvalue weighted by molar-refractivity contribution is 6.31. The molecule has 21 nitrogen and oxygen atoms in total. The van der Waals surface area contributed by atoms with Gasteiger partial charge in [-0.15, -0.1) is 0 Å². The van der Waals surface area contributed by atoms with Crippen LogP contribution in [0.4, 0.5) is 0 Å². The molecule has 3 aromatic rings. The molecule has 10 N–H and O–H groups in total. The molecule has 21 heteroatoms. The lowest BCUT2D eigenvalue weighted by Gasteiger charge is -2.45. The van der Waals surface area contributed by atoms with Crippen molar-refractivity contribution in [1.82, 2.24) is 9.88 Å². The number of phenolic OH excluding ortho intramolecular Hbond substituents is 2. The van der Waals surface area contributed by atoms with Crippen LogP contribution in [-0.4, -0.2) is 160 Å². The maximum absolute atomic E-state index is 14.1. The van der Waals surface area contributed by atoms with E-state index in [1.807, 2.05) is 0 Å². The van der Waals surface area contributed by atoms with Crippen LogP contribution < -0.4 is 10.1 Å². The fourth-order valence-corrected chi connectivity index (χ4v) is 8.92. The molecule has 0 bridgehead atoms. The minimum Gasteiger partial charge on any atom is -0.507 e. The molecule has 12 atom stereocenters. The largest absolute Gasteiger partial charge is 0.507 e. The molecule has 340 valence electrons. The van der Waals surface area contributed by atoms with Gasteiger partial charge in [0.2, 0.25) is 17.5 Å². The van der Waals surface area contributed by atoms with E-state index in [4.69, 9.17) is 23.7 Å². The molecule has 1 amide bonds. The molecule has 0 saturated carbocycles. The lowest BCUT2D eigenvalue weighted by Crippen LogP contribution is -2.67. The third-order valence-electron chi connectivity index (χ3n) is 12.1. The molecule has 63 heavy (non-hydrogen) atoms. The van der Waals surface area contributed by atoms with Gasteiger partial charge in [0.25, 0.3) is 5.79 Å². The molecule has 1 aromatic heterocycles. The van der Waals surface area contributed by atoms with Gasteiger partial charge < -0.3 is 79.5 Å². The summed E-state index contributed by atoms with van der Waals surface area (Å²) in [4.78, 5) is 67.5. The molecule has 7 rings (SSSR count). The van der Waals surface area contributed by atoms with E-state index >= 15 is 0 Å². The molecular weight excluding hydrogens is 836 g/mol. The number of nitrogens with zero attached hydrogens (tertiary/aromatic N) is 1. The summed E-state index contributed by atoms with van der Waals surface area (Å²) in [7, 11) is 1.27. The third-order valence-corrected chi connectivity index (χ3v) is 12.1. The van der Waals surface area contributed by atoms with Gasteiger partial charge in [0.05, 0.1) is 60.8 Å². The number of aromatic nitrogens is 1. The molecule has 3 heterocycles. The summed E-state index contributed by atoms with van der Waals surface area (Å²) >= 11 is 0. The summed E-state index contributed by atoms with van der Waals surface area (Å²) in [6.45, 7) is 0.287. The number of aliphatic hydroxyl groups is 7. The van der Waals surface area contributed by atoms with E-state index in [1.54, 1.807) is 36.0 Å². The summed E-state index contributed by atoms with van der Waals surface area (Å²) in [6, 6.07) is 5.53. The average Bonchev–Trinajstić information content (AvgIpc) is 3.79. The predicted molar refractivity (Wildman–Crippen MR) is 208 cm³/mol. The number of carbonyl (C=O) groups excluding carboxylic acids is 5. The molecule has 2 aliphatic carbocycles. The van der Waals surface area contributed by atoms with Gasteiger partial charge in [-0.1, -0.05) is 12.1 Å². The maximum Gasteiger partial charge on any atom is 0.367 e. The van der Waals surface area contributed by atoms with Crippen LogP contribution in [0.25, 0.3) is 0 Å². The number of methoxy groups -OCH3 is 1. The number of nitrogens with one attached hydrogen (secondary N) is 1. The monoisotopic (exact) mass is 884 g/mol. The van der Waals surface area contributed by atoms with Crippen molar-refractivity contribution in [3.05, 3.63) is 76.1 Å². The number of aromatic hydroxyl groups is 2. The molecule has 2 aromatic carbocycles. The fraction of sp³-hybridized carbons (Fsp3) is 0.500. The van der Waals surface area contributed by atoms with Crippen LogP contribution >= 0.6 is 0 Å². The minimum atomic E-state index is -3.13. The second kappa shape index (κ2) is 17.3. The van der Waals surface area contributed by atoms with E-state index in [0.717, 1.165) is 6.92 Å². The Hall–Kier alpha value is -5.33. The van der Waals surface area contributed by atoms with Gasteiger partial charge in [-0.3, -0.25) is 19.2 Å². The van der Waals surface area contributed by atoms with Gasteiger partial charge in [0, 0.05) is 61.7 Å². The van der Waals surface area contributed by atoms with E-state index in [0.29, 0.717) is 0 Å². The number of amides is 1. The van der Waals surface area contributed by atoms with E-state index in [-0.39, 0.29) is 34.4 Å². The van der Waals surface area contributed by atoms with E-state index in [1.165, 1.54) is 25.3 Å². The number of hydrogen-bond donors (Lipinski definition) is 10. The molecule has 2 aliphatic heterocycles. The number of phenols is 2. The van der Waals surface area contributed by atoms with Crippen molar-refractivity contribution in [2.45, 2.75) is 112 Å². The van der Waals surface area contributed by atoms with Crippen LogP contribution in [0.2, 0.25) is 0 Å². The van der Waals surface area contributed by atoms with E-state index < -0.39 is 157 Å².